The first-order valence-corrected chi connectivity index (χ1v) is 9.93. The van der Waals surface area contributed by atoms with Crippen LogP contribution in [0.25, 0.3) is 0 Å². The minimum absolute atomic E-state index is 0.139. The van der Waals surface area contributed by atoms with Crippen molar-refractivity contribution in [3.8, 4) is 0 Å². The first-order chi connectivity index (χ1) is 14.3. The van der Waals surface area contributed by atoms with Gasteiger partial charge in [0, 0.05) is 21.8 Å². The highest BCUT2D eigenvalue weighted by Gasteiger charge is 2.34. The highest BCUT2D eigenvalue weighted by atomic mass is 35.5. The van der Waals surface area contributed by atoms with E-state index in [-0.39, 0.29) is 24.2 Å². The van der Waals surface area contributed by atoms with E-state index in [2.05, 4.69) is 5.32 Å². The molecule has 3 aromatic carbocycles. The van der Waals surface area contributed by atoms with Gasteiger partial charge in [-0.25, -0.2) is 4.39 Å². The summed E-state index contributed by atoms with van der Waals surface area (Å²) in [6.45, 7) is 3.71. The number of hydrogen-bond donors (Lipinski definition) is 1. The van der Waals surface area contributed by atoms with Crippen LogP contribution in [0.4, 0.5) is 10.1 Å². The average Bonchev–Trinajstić information content (AvgIpc) is 2.83. The molecule has 0 bridgehead atoms. The molecule has 0 saturated carbocycles. The van der Waals surface area contributed by atoms with Gasteiger partial charge in [0.25, 0.3) is 5.91 Å². The SMILES string of the molecule is Cc1cc(C)cc(C(=O)N2CC(=O)Nc3ccc(Cl)cc3C2c2ccc(F)cc2)c1. The number of halogens is 2. The van der Waals surface area contributed by atoms with Crippen molar-refractivity contribution >= 4 is 29.1 Å². The molecule has 1 aliphatic heterocycles. The molecule has 0 radical (unpaired) electrons. The van der Waals surface area contributed by atoms with Gasteiger partial charge in [-0.2, -0.15) is 0 Å². The van der Waals surface area contributed by atoms with Gasteiger partial charge in [-0.3, -0.25) is 9.59 Å². The number of amides is 2. The maximum atomic E-state index is 13.6. The number of carbonyl (C=O) groups excluding carboxylic acids is 2. The number of rotatable bonds is 2. The molecule has 0 fully saturated rings. The summed E-state index contributed by atoms with van der Waals surface area (Å²) in [5.41, 5.74) is 4.36. The summed E-state index contributed by atoms with van der Waals surface area (Å²) < 4.78 is 13.6. The van der Waals surface area contributed by atoms with Crippen molar-refractivity contribution in [1.29, 1.82) is 0 Å². The molecule has 0 saturated heterocycles. The normalized spacial score (nSPS) is 15.9. The van der Waals surface area contributed by atoms with Crippen molar-refractivity contribution in [3.63, 3.8) is 0 Å². The topological polar surface area (TPSA) is 49.4 Å². The zero-order chi connectivity index (χ0) is 21.4. The first kappa shape index (κ1) is 20.1. The Morgan fingerprint density at radius 2 is 1.70 bits per heavy atom. The van der Waals surface area contributed by atoms with Gasteiger partial charge in [-0.05, 0) is 61.9 Å². The maximum Gasteiger partial charge on any atom is 0.255 e. The third kappa shape index (κ3) is 3.94. The first-order valence-electron chi connectivity index (χ1n) is 9.56. The van der Waals surface area contributed by atoms with E-state index in [1.165, 1.54) is 17.0 Å². The summed E-state index contributed by atoms with van der Waals surface area (Å²) in [7, 11) is 0. The molecular formula is C24H20ClFN2O2. The summed E-state index contributed by atoms with van der Waals surface area (Å²) in [6, 6.07) is 16.1. The summed E-state index contributed by atoms with van der Waals surface area (Å²) in [6.07, 6.45) is 0. The lowest BCUT2D eigenvalue weighted by atomic mass is 9.95. The number of fused-ring (bicyclic) bond motifs is 1. The summed E-state index contributed by atoms with van der Waals surface area (Å²) >= 11 is 6.25. The fraction of sp³-hybridized carbons (Fsp3) is 0.167. The van der Waals surface area contributed by atoms with Gasteiger partial charge in [0.05, 0.1) is 6.04 Å². The van der Waals surface area contributed by atoms with Crippen LogP contribution in [0, 0.1) is 19.7 Å². The van der Waals surface area contributed by atoms with Crippen molar-refractivity contribution < 1.29 is 14.0 Å². The number of benzene rings is 3. The fourth-order valence-corrected chi connectivity index (χ4v) is 4.12. The number of aryl methyl sites for hydroxylation is 2. The Morgan fingerprint density at radius 1 is 1.03 bits per heavy atom. The van der Waals surface area contributed by atoms with Gasteiger partial charge < -0.3 is 10.2 Å². The zero-order valence-corrected chi connectivity index (χ0v) is 17.3. The van der Waals surface area contributed by atoms with Gasteiger partial charge in [0.1, 0.15) is 12.4 Å². The molecule has 4 nitrogen and oxygen atoms in total. The minimum atomic E-state index is -0.605. The molecule has 2 amide bonds. The third-order valence-electron chi connectivity index (χ3n) is 5.12. The second-order valence-electron chi connectivity index (χ2n) is 7.54. The molecule has 0 aromatic heterocycles. The van der Waals surface area contributed by atoms with E-state index in [1.54, 1.807) is 42.5 Å². The molecule has 0 spiro atoms. The smallest absolute Gasteiger partial charge is 0.255 e. The zero-order valence-electron chi connectivity index (χ0n) is 16.6. The monoisotopic (exact) mass is 422 g/mol. The highest BCUT2D eigenvalue weighted by molar-refractivity contribution is 6.30. The molecule has 1 heterocycles. The standard InChI is InChI=1S/C24H20ClFN2O2/c1-14-9-15(2)11-17(10-14)24(30)28-13-22(29)27-21-8-5-18(25)12-20(21)23(28)16-3-6-19(26)7-4-16/h3-12,23H,13H2,1-2H3,(H,27,29). The van der Waals surface area contributed by atoms with Crippen molar-refractivity contribution in [1.82, 2.24) is 4.90 Å². The molecule has 1 unspecified atom stereocenters. The second-order valence-corrected chi connectivity index (χ2v) is 7.98. The van der Waals surface area contributed by atoms with Crippen molar-refractivity contribution in [2.45, 2.75) is 19.9 Å². The van der Waals surface area contributed by atoms with Crippen LogP contribution >= 0.6 is 11.6 Å². The van der Waals surface area contributed by atoms with Crippen LogP contribution in [0.2, 0.25) is 5.02 Å². The van der Waals surface area contributed by atoms with Crippen molar-refractivity contribution in [2.24, 2.45) is 0 Å². The van der Waals surface area contributed by atoms with Crippen LogP contribution in [0.1, 0.15) is 38.7 Å². The predicted octanol–water partition coefficient (Wildman–Crippen LogP) is 5.28. The Morgan fingerprint density at radius 3 is 2.37 bits per heavy atom. The van der Waals surface area contributed by atoms with Crippen LogP contribution in [-0.4, -0.2) is 23.3 Å². The van der Waals surface area contributed by atoms with Crippen molar-refractivity contribution in [2.75, 3.05) is 11.9 Å². The Kier molecular flexibility index (Phi) is 5.31. The lowest BCUT2D eigenvalue weighted by molar-refractivity contribution is -0.117. The number of carbonyl (C=O) groups is 2. The number of anilines is 1. The summed E-state index contributed by atoms with van der Waals surface area (Å²) in [5.74, 6) is -0.958. The van der Waals surface area contributed by atoms with Crippen LogP contribution in [0.5, 0.6) is 0 Å². The largest absolute Gasteiger partial charge is 0.324 e. The van der Waals surface area contributed by atoms with E-state index in [0.29, 0.717) is 27.4 Å². The fourth-order valence-electron chi connectivity index (χ4n) is 3.93. The summed E-state index contributed by atoms with van der Waals surface area (Å²) in [4.78, 5) is 27.7. The predicted molar refractivity (Wildman–Crippen MR) is 115 cm³/mol. The maximum absolute atomic E-state index is 13.6. The van der Waals surface area contributed by atoms with E-state index < -0.39 is 6.04 Å². The second kappa shape index (κ2) is 7.92. The highest BCUT2D eigenvalue weighted by Crippen LogP contribution is 2.38. The quantitative estimate of drug-likeness (QED) is 0.610. The molecule has 3 aromatic rings. The molecule has 4 rings (SSSR count). The van der Waals surface area contributed by atoms with Crippen LogP contribution in [0.15, 0.2) is 60.7 Å². The Labute approximate surface area is 179 Å². The number of hydrogen-bond acceptors (Lipinski definition) is 2. The third-order valence-corrected chi connectivity index (χ3v) is 5.36. The van der Waals surface area contributed by atoms with Gasteiger partial charge in [-0.15, -0.1) is 0 Å². The van der Waals surface area contributed by atoms with E-state index in [4.69, 9.17) is 11.6 Å². The Balaban J connectivity index is 1.90. The molecular weight excluding hydrogens is 403 g/mol. The molecule has 30 heavy (non-hydrogen) atoms. The minimum Gasteiger partial charge on any atom is -0.324 e. The molecule has 0 aliphatic carbocycles. The van der Waals surface area contributed by atoms with Gasteiger partial charge in [0.15, 0.2) is 0 Å². The van der Waals surface area contributed by atoms with E-state index >= 15 is 0 Å². The molecule has 1 aliphatic rings. The van der Waals surface area contributed by atoms with Crippen LogP contribution < -0.4 is 5.32 Å². The molecule has 1 atom stereocenters. The average molecular weight is 423 g/mol. The lowest BCUT2D eigenvalue weighted by Crippen LogP contribution is -2.39. The molecule has 152 valence electrons. The van der Waals surface area contributed by atoms with Crippen molar-refractivity contribution in [3.05, 3.63) is 99.3 Å². The number of nitrogens with one attached hydrogen (secondary N) is 1. The molecule has 1 N–H and O–H groups in total. The number of nitrogens with zero attached hydrogens (tertiary/aromatic N) is 1. The van der Waals surface area contributed by atoms with Crippen LogP contribution in [-0.2, 0) is 4.79 Å². The van der Waals surface area contributed by atoms with E-state index in [0.717, 1.165) is 11.1 Å². The molecule has 6 heteroatoms. The Bertz CT molecular complexity index is 1120. The lowest BCUT2D eigenvalue weighted by Gasteiger charge is -2.31. The Hall–Kier alpha value is -3.18. The van der Waals surface area contributed by atoms with Crippen LogP contribution in [0.3, 0.4) is 0 Å². The van der Waals surface area contributed by atoms with Gasteiger partial charge >= 0.3 is 0 Å². The summed E-state index contributed by atoms with van der Waals surface area (Å²) in [5, 5.41) is 3.34. The van der Waals surface area contributed by atoms with Gasteiger partial charge in [-0.1, -0.05) is 40.9 Å². The van der Waals surface area contributed by atoms with E-state index in [1.807, 2.05) is 19.9 Å². The van der Waals surface area contributed by atoms with Gasteiger partial charge in [0.2, 0.25) is 5.91 Å². The van der Waals surface area contributed by atoms with E-state index in [9.17, 15) is 14.0 Å².